The summed E-state index contributed by atoms with van der Waals surface area (Å²) in [6, 6.07) is 4.97. The highest BCUT2D eigenvalue weighted by Crippen LogP contribution is 2.46. The fourth-order valence-electron chi connectivity index (χ4n) is 6.85. The zero-order valence-electron chi connectivity index (χ0n) is 22.2. The van der Waals surface area contributed by atoms with E-state index in [0.29, 0.717) is 16.9 Å². The SMILES string of the molecule is CC(CN1CCCCC1)Oc1nc(C2CC3CNC2C3)c2cc(Cl)c(-c3ccc(F)c4sc(N)nc34)c(F)c2n1. The van der Waals surface area contributed by atoms with Crippen molar-refractivity contribution in [2.45, 2.75) is 57.1 Å². The van der Waals surface area contributed by atoms with Crippen LogP contribution in [0.25, 0.3) is 32.2 Å². The lowest BCUT2D eigenvalue weighted by molar-refractivity contribution is 0.122. The standard InChI is InChI=1S/C29H31ClF2N6OS/c1-14(13-38-7-3-2-4-8-38)39-29-36-24(17-9-15-10-21(17)34-12-15)18-11-19(30)22(23(32)25(18)37-29)16-5-6-20(31)27-26(16)35-28(33)40-27/h5-6,11,14-15,17,21,34H,2-4,7-10,12-13H2,1H3,(H2,33,35). The van der Waals surface area contributed by atoms with E-state index in [0.717, 1.165) is 56.1 Å². The molecule has 2 aliphatic heterocycles. The molecule has 4 heterocycles. The quantitative estimate of drug-likeness (QED) is 0.281. The van der Waals surface area contributed by atoms with Crippen LogP contribution in [0.2, 0.25) is 5.02 Å². The number of halogens is 3. The van der Waals surface area contributed by atoms with Crippen molar-refractivity contribution in [1.82, 2.24) is 25.2 Å². The van der Waals surface area contributed by atoms with Gasteiger partial charge in [-0.3, -0.25) is 4.90 Å². The first-order valence-corrected chi connectivity index (χ1v) is 15.2. The highest BCUT2D eigenvalue weighted by atomic mass is 35.5. The first kappa shape index (κ1) is 26.3. The number of fused-ring (bicyclic) bond motifs is 4. The molecule has 1 aliphatic carbocycles. The Bertz CT molecular complexity index is 1610. The molecule has 1 saturated carbocycles. The molecule has 4 atom stereocenters. The predicted octanol–water partition coefficient (Wildman–Crippen LogP) is 6.14. The molecule has 3 fully saturated rings. The molecule has 3 aliphatic rings. The number of nitrogen functional groups attached to an aromatic ring is 1. The van der Waals surface area contributed by atoms with E-state index in [9.17, 15) is 4.39 Å². The Labute approximate surface area is 240 Å². The Morgan fingerprint density at radius 1 is 1.15 bits per heavy atom. The lowest BCUT2D eigenvalue weighted by Crippen LogP contribution is -2.37. The van der Waals surface area contributed by atoms with E-state index in [4.69, 9.17) is 27.1 Å². The summed E-state index contributed by atoms with van der Waals surface area (Å²) in [5.41, 5.74) is 7.57. The largest absolute Gasteiger partial charge is 0.459 e. The van der Waals surface area contributed by atoms with Crippen LogP contribution in [0.4, 0.5) is 13.9 Å². The number of ether oxygens (including phenoxy) is 1. The number of piperidine rings is 2. The van der Waals surface area contributed by atoms with Crippen LogP contribution < -0.4 is 15.8 Å². The molecule has 2 aromatic carbocycles. The topological polar surface area (TPSA) is 89.2 Å². The second-order valence-electron chi connectivity index (χ2n) is 11.4. The van der Waals surface area contributed by atoms with Crippen LogP contribution in [0.1, 0.15) is 50.6 Å². The van der Waals surface area contributed by atoms with Crippen molar-refractivity contribution < 1.29 is 13.5 Å². The van der Waals surface area contributed by atoms with E-state index in [-0.39, 0.29) is 55.5 Å². The van der Waals surface area contributed by atoms with Gasteiger partial charge in [-0.2, -0.15) is 9.97 Å². The van der Waals surface area contributed by atoms with Gasteiger partial charge in [-0.25, -0.2) is 13.8 Å². The summed E-state index contributed by atoms with van der Waals surface area (Å²) >= 11 is 7.80. The normalized spacial score (nSPS) is 23.9. The number of likely N-dealkylation sites (tertiary alicyclic amines) is 1. The van der Waals surface area contributed by atoms with E-state index in [1.165, 1.54) is 31.4 Å². The van der Waals surface area contributed by atoms with Crippen molar-refractivity contribution in [2.24, 2.45) is 5.92 Å². The minimum absolute atomic E-state index is 0.112. The maximum absolute atomic E-state index is 16.6. The Balaban J connectivity index is 1.35. The third kappa shape index (κ3) is 4.58. The van der Waals surface area contributed by atoms with Gasteiger partial charge < -0.3 is 15.8 Å². The van der Waals surface area contributed by atoms with Gasteiger partial charge in [0.05, 0.1) is 20.9 Å². The van der Waals surface area contributed by atoms with Gasteiger partial charge in [0.2, 0.25) is 0 Å². The zero-order valence-corrected chi connectivity index (χ0v) is 23.8. The average molecular weight is 585 g/mol. The Hall–Kier alpha value is -2.66. The van der Waals surface area contributed by atoms with E-state index < -0.39 is 11.6 Å². The van der Waals surface area contributed by atoms with E-state index >= 15 is 4.39 Å². The maximum atomic E-state index is 16.6. The second kappa shape index (κ2) is 10.3. The summed E-state index contributed by atoms with van der Waals surface area (Å²) in [6.07, 6.45) is 5.53. The summed E-state index contributed by atoms with van der Waals surface area (Å²) < 4.78 is 37.7. The van der Waals surface area contributed by atoms with Crippen LogP contribution in [0.15, 0.2) is 18.2 Å². The van der Waals surface area contributed by atoms with Gasteiger partial charge >= 0.3 is 6.01 Å². The third-order valence-electron chi connectivity index (χ3n) is 8.62. The van der Waals surface area contributed by atoms with Crippen molar-refractivity contribution >= 4 is 49.2 Å². The lowest BCUT2D eigenvalue weighted by Gasteiger charge is -2.29. The van der Waals surface area contributed by atoms with Crippen LogP contribution in [-0.4, -0.2) is 58.2 Å². The number of benzene rings is 2. The highest BCUT2D eigenvalue weighted by molar-refractivity contribution is 7.22. The van der Waals surface area contributed by atoms with Gasteiger partial charge in [0.1, 0.15) is 17.4 Å². The molecule has 0 radical (unpaired) electrons. The third-order valence-corrected chi connectivity index (χ3v) is 9.82. The minimum atomic E-state index is -0.602. The molecule has 0 amide bonds. The van der Waals surface area contributed by atoms with Crippen molar-refractivity contribution in [3.8, 4) is 17.1 Å². The molecule has 7 nitrogen and oxygen atoms in total. The molecule has 3 N–H and O–H groups in total. The molecule has 2 aromatic heterocycles. The predicted molar refractivity (Wildman–Crippen MR) is 155 cm³/mol. The smallest absolute Gasteiger partial charge is 0.317 e. The number of thiazole rings is 1. The van der Waals surface area contributed by atoms with Crippen LogP contribution in [-0.2, 0) is 0 Å². The van der Waals surface area contributed by atoms with E-state index in [1.807, 2.05) is 6.92 Å². The molecule has 210 valence electrons. The molecule has 40 heavy (non-hydrogen) atoms. The Kier molecular flexibility index (Phi) is 6.77. The van der Waals surface area contributed by atoms with Crippen molar-refractivity contribution in [1.29, 1.82) is 0 Å². The van der Waals surface area contributed by atoms with E-state index in [2.05, 4.69) is 20.2 Å². The first-order valence-electron chi connectivity index (χ1n) is 14.0. The van der Waals surface area contributed by atoms with Crippen LogP contribution in [0.3, 0.4) is 0 Å². The fourth-order valence-corrected chi connectivity index (χ4v) is 7.91. The average Bonchev–Trinajstić information content (AvgIpc) is 3.67. The van der Waals surface area contributed by atoms with Crippen molar-refractivity contribution in [3.05, 3.63) is 40.6 Å². The van der Waals surface area contributed by atoms with Crippen LogP contribution in [0.5, 0.6) is 6.01 Å². The number of nitrogens with two attached hydrogens (primary N) is 1. The molecule has 11 heteroatoms. The van der Waals surface area contributed by atoms with Crippen molar-refractivity contribution in [3.63, 3.8) is 0 Å². The number of hydrogen-bond acceptors (Lipinski definition) is 8. The number of nitrogens with one attached hydrogen (secondary N) is 1. The Morgan fingerprint density at radius 3 is 2.73 bits per heavy atom. The highest BCUT2D eigenvalue weighted by Gasteiger charge is 2.42. The van der Waals surface area contributed by atoms with Gasteiger partial charge in [0.15, 0.2) is 10.9 Å². The molecule has 4 unspecified atom stereocenters. The minimum Gasteiger partial charge on any atom is -0.459 e. The molecular weight excluding hydrogens is 554 g/mol. The summed E-state index contributed by atoms with van der Waals surface area (Å²) in [4.78, 5) is 16.2. The van der Waals surface area contributed by atoms with Gasteiger partial charge in [0, 0.05) is 35.0 Å². The van der Waals surface area contributed by atoms with Crippen LogP contribution in [0, 0.1) is 17.6 Å². The molecule has 2 bridgehead atoms. The molecule has 7 rings (SSSR count). The van der Waals surface area contributed by atoms with Crippen LogP contribution >= 0.6 is 22.9 Å². The number of hydrogen-bond donors (Lipinski definition) is 2. The zero-order chi connectivity index (χ0) is 27.5. The molecule has 4 aromatic rings. The Morgan fingerprint density at radius 2 is 1.98 bits per heavy atom. The van der Waals surface area contributed by atoms with Gasteiger partial charge in [0.25, 0.3) is 0 Å². The number of anilines is 1. The number of aromatic nitrogens is 3. The molecular formula is C29H31ClF2N6OS. The summed E-state index contributed by atoms with van der Waals surface area (Å²) in [5.74, 6) is -0.377. The maximum Gasteiger partial charge on any atom is 0.317 e. The first-order chi connectivity index (χ1) is 19.4. The van der Waals surface area contributed by atoms with Crippen molar-refractivity contribution in [2.75, 3.05) is 31.9 Å². The monoisotopic (exact) mass is 584 g/mol. The van der Waals surface area contributed by atoms with Gasteiger partial charge in [-0.05, 0) is 76.4 Å². The lowest BCUT2D eigenvalue weighted by atomic mass is 9.92. The number of rotatable bonds is 6. The van der Waals surface area contributed by atoms with Gasteiger partial charge in [-0.1, -0.05) is 29.4 Å². The molecule has 2 saturated heterocycles. The van der Waals surface area contributed by atoms with Gasteiger partial charge in [-0.15, -0.1) is 0 Å². The second-order valence-corrected chi connectivity index (χ2v) is 12.8. The fraction of sp³-hybridized carbons (Fsp3) is 0.483. The summed E-state index contributed by atoms with van der Waals surface area (Å²) in [5, 5.41) is 4.56. The van der Waals surface area contributed by atoms with E-state index in [1.54, 1.807) is 6.07 Å². The molecule has 0 spiro atoms. The summed E-state index contributed by atoms with van der Waals surface area (Å²) in [7, 11) is 0. The summed E-state index contributed by atoms with van der Waals surface area (Å²) in [6.45, 7) is 5.87. The number of nitrogens with zero attached hydrogens (tertiary/aromatic N) is 4.